The van der Waals surface area contributed by atoms with Gasteiger partial charge in [0.05, 0.1) is 12.2 Å². The van der Waals surface area contributed by atoms with Crippen LogP contribution in [-0.2, 0) is 9.53 Å². The lowest BCUT2D eigenvalue weighted by Gasteiger charge is -2.35. The Morgan fingerprint density at radius 1 is 1.43 bits per heavy atom. The lowest BCUT2D eigenvalue weighted by Crippen LogP contribution is -2.45. The Balaban J connectivity index is 2.20. The van der Waals surface area contributed by atoms with Gasteiger partial charge in [0.15, 0.2) is 0 Å². The van der Waals surface area contributed by atoms with Crippen molar-refractivity contribution in [1.82, 2.24) is 4.90 Å². The van der Waals surface area contributed by atoms with Crippen LogP contribution >= 0.6 is 0 Å². The molecule has 0 bridgehead atoms. The predicted molar refractivity (Wildman–Crippen MR) is 53.3 cm³/mol. The van der Waals surface area contributed by atoms with Gasteiger partial charge in [-0.1, -0.05) is 0 Å². The third kappa shape index (κ3) is 4.07. The molecule has 0 aromatic carbocycles. The van der Waals surface area contributed by atoms with Crippen molar-refractivity contribution in [2.24, 2.45) is 0 Å². The van der Waals surface area contributed by atoms with E-state index in [0.29, 0.717) is 0 Å². The van der Waals surface area contributed by atoms with Crippen LogP contribution in [0.5, 0.6) is 0 Å². The fourth-order valence-corrected chi connectivity index (χ4v) is 1.92. The fourth-order valence-electron chi connectivity index (χ4n) is 1.92. The molecule has 0 aromatic rings. The molecule has 0 unspecified atom stereocenters. The number of rotatable bonds is 4. The monoisotopic (exact) mass is 201 g/mol. The molecular formula is C10H19NO3. The summed E-state index contributed by atoms with van der Waals surface area (Å²) in [4.78, 5) is 12.6. The second-order valence-corrected chi connectivity index (χ2v) is 4.01. The Labute approximate surface area is 84.8 Å². The van der Waals surface area contributed by atoms with Gasteiger partial charge in [0.1, 0.15) is 0 Å². The zero-order chi connectivity index (χ0) is 10.6. The molecule has 1 N–H and O–H groups in total. The van der Waals surface area contributed by atoms with Crippen molar-refractivity contribution < 1.29 is 14.6 Å². The Morgan fingerprint density at radius 3 is 2.50 bits per heavy atom. The zero-order valence-corrected chi connectivity index (χ0v) is 8.90. The molecule has 14 heavy (non-hydrogen) atoms. The number of carboxylic acid groups (broad SMARTS) is 1. The summed E-state index contributed by atoms with van der Waals surface area (Å²) in [7, 11) is 0. The van der Waals surface area contributed by atoms with Gasteiger partial charge in [0, 0.05) is 19.5 Å². The van der Waals surface area contributed by atoms with E-state index in [0.717, 1.165) is 26.1 Å². The quantitative estimate of drug-likeness (QED) is 0.736. The van der Waals surface area contributed by atoms with Crippen molar-refractivity contribution in [3.8, 4) is 0 Å². The minimum atomic E-state index is -0.709. The maximum absolute atomic E-state index is 10.3. The van der Waals surface area contributed by atoms with Gasteiger partial charge in [-0.3, -0.25) is 9.69 Å². The number of hydrogen-bond acceptors (Lipinski definition) is 3. The first-order valence-electron chi connectivity index (χ1n) is 5.17. The highest BCUT2D eigenvalue weighted by Gasteiger charge is 2.21. The molecule has 4 heteroatoms. The first-order chi connectivity index (χ1) is 6.58. The van der Waals surface area contributed by atoms with Crippen LogP contribution in [0.15, 0.2) is 0 Å². The zero-order valence-electron chi connectivity index (χ0n) is 8.90. The first kappa shape index (κ1) is 11.5. The highest BCUT2D eigenvalue weighted by molar-refractivity contribution is 5.66. The molecule has 0 spiro atoms. The van der Waals surface area contributed by atoms with E-state index < -0.39 is 5.97 Å². The highest BCUT2D eigenvalue weighted by atomic mass is 16.5. The SMILES string of the molecule is C[C@@H]1CN(CCCC(=O)O)C[C@H](C)O1. The van der Waals surface area contributed by atoms with Crippen molar-refractivity contribution in [2.75, 3.05) is 19.6 Å². The number of ether oxygens (including phenoxy) is 1. The maximum Gasteiger partial charge on any atom is 0.303 e. The van der Waals surface area contributed by atoms with Crippen LogP contribution in [0.2, 0.25) is 0 Å². The number of carboxylic acids is 1. The molecule has 1 aliphatic rings. The molecule has 0 aliphatic carbocycles. The standard InChI is InChI=1S/C10H19NO3/c1-8-6-11(7-9(2)14-8)5-3-4-10(12)13/h8-9H,3-7H2,1-2H3,(H,12,13)/t8-,9+. The minimum Gasteiger partial charge on any atom is -0.481 e. The molecule has 1 aliphatic heterocycles. The average molecular weight is 201 g/mol. The molecule has 1 heterocycles. The molecule has 0 aromatic heterocycles. The maximum atomic E-state index is 10.3. The summed E-state index contributed by atoms with van der Waals surface area (Å²) in [5, 5.41) is 8.50. The van der Waals surface area contributed by atoms with Crippen LogP contribution in [0.25, 0.3) is 0 Å². The van der Waals surface area contributed by atoms with E-state index >= 15 is 0 Å². The van der Waals surface area contributed by atoms with Gasteiger partial charge in [-0.2, -0.15) is 0 Å². The number of hydrogen-bond donors (Lipinski definition) is 1. The van der Waals surface area contributed by atoms with Crippen molar-refractivity contribution in [3.63, 3.8) is 0 Å². The van der Waals surface area contributed by atoms with Crippen LogP contribution in [0.3, 0.4) is 0 Å². The molecule has 0 amide bonds. The third-order valence-electron chi connectivity index (χ3n) is 2.36. The molecule has 82 valence electrons. The summed E-state index contributed by atoms with van der Waals surface area (Å²) in [6, 6.07) is 0. The molecule has 0 radical (unpaired) electrons. The van der Waals surface area contributed by atoms with Crippen molar-refractivity contribution >= 4 is 5.97 Å². The second kappa shape index (κ2) is 5.32. The van der Waals surface area contributed by atoms with Gasteiger partial charge in [-0.25, -0.2) is 0 Å². The lowest BCUT2D eigenvalue weighted by molar-refractivity contribution is -0.137. The molecule has 4 nitrogen and oxygen atoms in total. The average Bonchev–Trinajstić information content (AvgIpc) is 2.01. The predicted octanol–water partition coefficient (Wildman–Crippen LogP) is 0.960. The van der Waals surface area contributed by atoms with Crippen LogP contribution in [-0.4, -0.2) is 47.8 Å². The van der Waals surface area contributed by atoms with Crippen LogP contribution in [0, 0.1) is 0 Å². The van der Waals surface area contributed by atoms with Crippen LogP contribution < -0.4 is 0 Å². The summed E-state index contributed by atoms with van der Waals surface area (Å²) in [5.74, 6) is -0.709. The molecule has 1 saturated heterocycles. The highest BCUT2D eigenvalue weighted by Crippen LogP contribution is 2.11. The molecular weight excluding hydrogens is 182 g/mol. The van der Waals surface area contributed by atoms with Crippen LogP contribution in [0.4, 0.5) is 0 Å². The van der Waals surface area contributed by atoms with E-state index in [1.165, 1.54) is 0 Å². The third-order valence-corrected chi connectivity index (χ3v) is 2.36. The molecule has 2 atom stereocenters. The Morgan fingerprint density at radius 2 is 2.00 bits per heavy atom. The largest absolute Gasteiger partial charge is 0.481 e. The van der Waals surface area contributed by atoms with Crippen molar-refractivity contribution in [1.29, 1.82) is 0 Å². The van der Waals surface area contributed by atoms with E-state index in [1.54, 1.807) is 0 Å². The van der Waals surface area contributed by atoms with Crippen molar-refractivity contribution in [2.45, 2.75) is 38.9 Å². The normalized spacial score (nSPS) is 29.0. The fraction of sp³-hybridized carbons (Fsp3) is 0.900. The number of morpholine rings is 1. The molecule has 1 fully saturated rings. The smallest absolute Gasteiger partial charge is 0.303 e. The second-order valence-electron chi connectivity index (χ2n) is 4.01. The van der Waals surface area contributed by atoms with Gasteiger partial charge < -0.3 is 9.84 Å². The summed E-state index contributed by atoms with van der Waals surface area (Å²) in [5.41, 5.74) is 0. The van der Waals surface area contributed by atoms with Gasteiger partial charge in [0.25, 0.3) is 0 Å². The number of aliphatic carboxylic acids is 1. The van der Waals surface area contributed by atoms with E-state index in [-0.39, 0.29) is 18.6 Å². The minimum absolute atomic E-state index is 0.264. The summed E-state index contributed by atoms with van der Waals surface area (Å²) in [6.45, 7) is 6.82. The number of nitrogens with zero attached hydrogens (tertiary/aromatic N) is 1. The van der Waals surface area contributed by atoms with Crippen molar-refractivity contribution in [3.05, 3.63) is 0 Å². The van der Waals surface area contributed by atoms with E-state index in [1.807, 2.05) is 0 Å². The first-order valence-corrected chi connectivity index (χ1v) is 5.17. The van der Waals surface area contributed by atoms with E-state index in [9.17, 15) is 4.79 Å². The number of carbonyl (C=O) groups is 1. The van der Waals surface area contributed by atoms with Gasteiger partial charge in [-0.05, 0) is 26.8 Å². The van der Waals surface area contributed by atoms with Gasteiger partial charge >= 0.3 is 5.97 Å². The van der Waals surface area contributed by atoms with E-state index in [2.05, 4.69) is 18.7 Å². The summed E-state index contributed by atoms with van der Waals surface area (Å²) in [6.07, 6.45) is 1.53. The van der Waals surface area contributed by atoms with Gasteiger partial charge in [-0.15, -0.1) is 0 Å². The molecule has 0 saturated carbocycles. The Hall–Kier alpha value is -0.610. The summed E-state index contributed by atoms with van der Waals surface area (Å²) < 4.78 is 5.59. The topological polar surface area (TPSA) is 49.8 Å². The summed E-state index contributed by atoms with van der Waals surface area (Å²) >= 11 is 0. The molecule has 1 rings (SSSR count). The lowest BCUT2D eigenvalue weighted by atomic mass is 10.2. The Bertz CT molecular complexity index is 186. The van der Waals surface area contributed by atoms with Crippen LogP contribution in [0.1, 0.15) is 26.7 Å². The van der Waals surface area contributed by atoms with E-state index in [4.69, 9.17) is 9.84 Å². The van der Waals surface area contributed by atoms with Gasteiger partial charge in [0.2, 0.25) is 0 Å². The Kier molecular flexibility index (Phi) is 4.35.